The molecule has 1 N–H and O–H groups in total. The summed E-state index contributed by atoms with van der Waals surface area (Å²) in [6, 6.07) is 4.72. The van der Waals surface area contributed by atoms with Gasteiger partial charge in [-0.2, -0.15) is 0 Å². The van der Waals surface area contributed by atoms with Gasteiger partial charge in [0.2, 0.25) is 0 Å². The fourth-order valence-electron chi connectivity index (χ4n) is 1.82. The van der Waals surface area contributed by atoms with Crippen LogP contribution in [-0.4, -0.2) is 23.6 Å². The van der Waals surface area contributed by atoms with Gasteiger partial charge in [-0.15, -0.1) is 0 Å². The lowest BCUT2D eigenvalue weighted by Gasteiger charge is -2.10. The molecule has 1 aliphatic rings. The third-order valence-corrected chi connectivity index (χ3v) is 2.89. The molecular weight excluding hydrogens is 216 g/mol. The van der Waals surface area contributed by atoms with Crippen molar-refractivity contribution in [3.63, 3.8) is 0 Å². The van der Waals surface area contributed by atoms with Crippen LogP contribution in [-0.2, 0) is 4.74 Å². The minimum absolute atomic E-state index is 0.0970. The van der Waals surface area contributed by atoms with Crippen molar-refractivity contribution in [2.45, 2.75) is 17.9 Å². The Hall–Kier alpha value is -1.06. The summed E-state index contributed by atoms with van der Waals surface area (Å²) >= 11 is 5.82. The Labute approximate surface area is 92.6 Å². The quantitative estimate of drug-likeness (QED) is 0.622. The lowest BCUT2D eigenvalue weighted by Crippen LogP contribution is -2.01. The Kier molecular flexibility index (Phi) is 2.93. The zero-order valence-corrected chi connectivity index (χ0v) is 8.78. The average molecular weight is 227 g/mol. The second-order valence-electron chi connectivity index (χ2n) is 3.61. The van der Waals surface area contributed by atoms with Crippen molar-refractivity contribution < 1.29 is 14.6 Å². The standard InChI is InChI=1S/C11H11ClO3/c12-11-3-8(6-15-11)10-4-9(14)2-1-7(10)5-13/h1-2,4-5,8,11,14H,3,6H2. The van der Waals surface area contributed by atoms with Crippen molar-refractivity contribution in [3.8, 4) is 5.75 Å². The molecule has 2 unspecified atom stereocenters. The van der Waals surface area contributed by atoms with Crippen LogP contribution in [0, 0.1) is 0 Å². The van der Waals surface area contributed by atoms with Crippen molar-refractivity contribution in [2.24, 2.45) is 0 Å². The van der Waals surface area contributed by atoms with Crippen LogP contribution in [0.4, 0.5) is 0 Å². The summed E-state index contributed by atoms with van der Waals surface area (Å²) in [6.45, 7) is 0.498. The number of alkyl halides is 1. The average Bonchev–Trinajstić information content (AvgIpc) is 2.65. The topological polar surface area (TPSA) is 46.5 Å². The third-order valence-electron chi connectivity index (χ3n) is 2.59. The van der Waals surface area contributed by atoms with E-state index < -0.39 is 0 Å². The third kappa shape index (κ3) is 2.13. The van der Waals surface area contributed by atoms with Crippen LogP contribution in [0.5, 0.6) is 5.75 Å². The number of ether oxygens (including phenoxy) is 1. The number of hydrogen-bond acceptors (Lipinski definition) is 3. The minimum atomic E-state index is -0.295. The van der Waals surface area contributed by atoms with Crippen LogP contribution in [0.1, 0.15) is 28.3 Å². The maximum atomic E-state index is 10.8. The van der Waals surface area contributed by atoms with Gasteiger partial charge < -0.3 is 9.84 Å². The van der Waals surface area contributed by atoms with Crippen molar-refractivity contribution in [3.05, 3.63) is 29.3 Å². The first-order valence-corrected chi connectivity index (χ1v) is 5.18. The molecule has 0 bridgehead atoms. The molecule has 2 rings (SSSR count). The van der Waals surface area contributed by atoms with Gasteiger partial charge in [0.15, 0.2) is 0 Å². The molecule has 80 valence electrons. The summed E-state index contributed by atoms with van der Waals surface area (Å²) in [5.41, 5.74) is 1.11. The summed E-state index contributed by atoms with van der Waals surface area (Å²) in [5, 5.41) is 9.37. The van der Waals surface area contributed by atoms with E-state index in [1.54, 1.807) is 12.1 Å². The van der Waals surface area contributed by atoms with Gasteiger partial charge in [-0.25, -0.2) is 0 Å². The van der Waals surface area contributed by atoms with Gasteiger partial charge in [0, 0.05) is 11.5 Å². The molecule has 1 heterocycles. The molecule has 1 aliphatic heterocycles. The summed E-state index contributed by atoms with van der Waals surface area (Å²) in [4.78, 5) is 10.8. The summed E-state index contributed by atoms with van der Waals surface area (Å²) in [7, 11) is 0. The normalized spacial score (nSPS) is 25.4. The van der Waals surface area contributed by atoms with Gasteiger partial charge in [-0.1, -0.05) is 11.6 Å². The molecule has 0 amide bonds. The number of phenolic OH excluding ortho intramolecular Hbond substituents is 1. The van der Waals surface area contributed by atoms with E-state index in [1.165, 1.54) is 6.07 Å². The molecule has 0 spiro atoms. The molecule has 0 aromatic heterocycles. The highest BCUT2D eigenvalue weighted by Crippen LogP contribution is 2.34. The van der Waals surface area contributed by atoms with Gasteiger partial charge in [0.25, 0.3) is 0 Å². The minimum Gasteiger partial charge on any atom is -0.508 e. The first-order valence-electron chi connectivity index (χ1n) is 4.74. The number of hydrogen-bond donors (Lipinski definition) is 1. The Morgan fingerprint density at radius 3 is 2.93 bits per heavy atom. The highest BCUT2D eigenvalue weighted by molar-refractivity contribution is 6.19. The Bertz CT molecular complexity index is 378. The van der Waals surface area contributed by atoms with E-state index in [1.807, 2.05) is 0 Å². The van der Waals surface area contributed by atoms with E-state index >= 15 is 0 Å². The van der Waals surface area contributed by atoms with Crippen LogP contribution in [0.25, 0.3) is 0 Å². The van der Waals surface area contributed by atoms with Crippen LogP contribution in [0.15, 0.2) is 18.2 Å². The van der Waals surface area contributed by atoms with Gasteiger partial charge in [-0.05, 0) is 30.2 Å². The van der Waals surface area contributed by atoms with Crippen LogP contribution >= 0.6 is 11.6 Å². The number of halogens is 1. The SMILES string of the molecule is O=Cc1ccc(O)cc1C1COC(Cl)C1. The van der Waals surface area contributed by atoms with Gasteiger partial charge in [-0.3, -0.25) is 4.79 Å². The molecule has 2 atom stereocenters. The first kappa shape index (κ1) is 10.5. The van der Waals surface area contributed by atoms with E-state index in [0.29, 0.717) is 18.6 Å². The van der Waals surface area contributed by atoms with E-state index in [0.717, 1.165) is 11.8 Å². The molecule has 4 heteroatoms. The molecule has 15 heavy (non-hydrogen) atoms. The second-order valence-corrected chi connectivity index (χ2v) is 4.09. The van der Waals surface area contributed by atoms with Crippen molar-refractivity contribution in [1.29, 1.82) is 0 Å². The predicted molar refractivity (Wildman–Crippen MR) is 56.4 cm³/mol. The zero-order chi connectivity index (χ0) is 10.8. The van der Waals surface area contributed by atoms with Crippen molar-refractivity contribution in [2.75, 3.05) is 6.61 Å². The zero-order valence-electron chi connectivity index (χ0n) is 8.02. The van der Waals surface area contributed by atoms with Gasteiger partial charge >= 0.3 is 0 Å². The molecule has 0 radical (unpaired) electrons. The fraction of sp³-hybridized carbons (Fsp3) is 0.364. The van der Waals surface area contributed by atoms with Crippen LogP contribution in [0.2, 0.25) is 0 Å². The number of phenols is 1. The van der Waals surface area contributed by atoms with Crippen LogP contribution < -0.4 is 0 Å². The lowest BCUT2D eigenvalue weighted by atomic mass is 9.94. The molecule has 0 aliphatic carbocycles. The molecule has 1 aromatic rings. The highest BCUT2D eigenvalue weighted by Gasteiger charge is 2.26. The molecule has 1 saturated heterocycles. The molecule has 3 nitrogen and oxygen atoms in total. The lowest BCUT2D eigenvalue weighted by molar-refractivity contribution is 0.112. The maximum absolute atomic E-state index is 10.8. The number of aromatic hydroxyl groups is 1. The van der Waals surface area contributed by atoms with E-state index in [2.05, 4.69) is 0 Å². The number of rotatable bonds is 2. The smallest absolute Gasteiger partial charge is 0.150 e. The number of aldehydes is 1. The fourth-order valence-corrected chi connectivity index (χ4v) is 2.11. The van der Waals surface area contributed by atoms with Crippen molar-refractivity contribution in [1.82, 2.24) is 0 Å². The molecule has 0 saturated carbocycles. The Morgan fingerprint density at radius 2 is 2.33 bits per heavy atom. The van der Waals surface area contributed by atoms with E-state index in [9.17, 15) is 9.90 Å². The maximum Gasteiger partial charge on any atom is 0.150 e. The number of benzene rings is 1. The van der Waals surface area contributed by atoms with Crippen molar-refractivity contribution >= 4 is 17.9 Å². The Balaban J connectivity index is 2.33. The highest BCUT2D eigenvalue weighted by atomic mass is 35.5. The van der Waals surface area contributed by atoms with Crippen LogP contribution in [0.3, 0.4) is 0 Å². The summed E-state index contributed by atoms with van der Waals surface area (Å²) in [5.74, 6) is 0.258. The molecule has 1 aromatic carbocycles. The molecular formula is C11H11ClO3. The second kappa shape index (κ2) is 4.21. The summed E-state index contributed by atoms with van der Waals surface area (Å²) in [6.07, 6.45) is 1.46. The van der Waals surface area contributed by atoms with Gasteiger partial charge in [0.1, 0.15) is 17.6 Å². The van der Waals surface area contributed by atoms with E-state index in [4.69, 9.17) is 16.3 Å². The summed E-state index contributed by atoms with van der Waals surface area (Å²) < 4.78 is 5.23. The van der Waals surface area contributed by atoms with Gasteiger partial charge in [0.05, 0.1) is 6.61 Å². The largest absolute Gasteiger partial charge is 0.508 e. The number of carbonyl (C=O) groups excluding carboxylic acids is 1. The number of carbonyl (C=O) groups is 1. The first-order chi connectivity index (χ1) is 7.20. The monoisotopic (exact) mass is 226 g/mol. The predicted octanol–water partition coefficient (Wildman–Crippen LogP) is 2.27. The molecule has 1 fully saturated rings. The Morgan fingerprint density at radius 1 is 1.53 bits per heavy atom. The van der Waals surface area contributed by atoms with E-state index in [-0.39, 0.29) is 17.2 Å².